The number of imide groups is 1. The molecule has 0 aliphatic carbocycles. The summed E-state index contributed by atoms with van der Waals surface area (Å²) in [6.45, 7) is 7.61. The minimum atomic E-state index is -0.538. The van der Waals surface area contributed by atoms with E-state index in [9.17, 15) is 14.9 Å². The van der Waals surface area contributed by atoms with Crippen LogP contribution in [-0.2, 0) is 14.3 Å². The molecule has 0 fully saturated rings. The van der Waals surface area contributed by atoms with E-state index in [4.69, 9.17) is 9.47 Å². The van der Waals surface area contributed by atoms with Crippen LogP contribution in [0.1, 0.15) is 52.0 Å². The Labute approximate surface area is 178 Å². The molecule has 0 radical (unpaired) electrons. The Morgan fingerprint density at radius 1 is 1.03 bits per heavy atom. The molecule has 1 aliphatic rings. The van der Waals surface area contributed by atoms with Gasteiger partial charge in [-0.15, -0.1) is 0 Å². The molecule has 2 amide bonds. The second kappa shape index (κ2) is 11.9. The molecular formula is C24H30N2O4. The lowest BCUT2D eigenvalue weighted by Crippen LogP contribution is -2.43. The van der Waals surface area contributed by atoms with Crippen LogP contribution in [0.5, 0.6) is 5.75 Å². The first-order valence-corrected chi connectivity index (χ1v) is 10.5. The summed E-state index contributed by atoms with van der Waals surface area (Å²) >= 11 is 0. The quantitative estimate of drug-likeness (QED) is 0.309. The number of rotatable bonds is 11. The molecule has 0 saturated carbocycles. The number of carbonyl (C=O) groups is 2. The van der Waals surface area contributed by atoms with Gasteiger partial charge in [-0.2, -0.15) is 5.26 Å². The number of nitriles is 1. The summed E-state index contributed by atoms with van der Waals surface area (Å²) in [4.78, 5) is 26.7. The van der Waals surface area contributed by atoms with Crippen molar-refractivity contribution in [3.63, 3.8) is 0 Å². The normalized spacial score (nSPS) is 15.7. The molecule has 0 bridgehead atoms. The highest BCUT2D eigenvalue weighted by Crippen LogP contribution is 2.27. The number of carbonyl (C=O) groups excluding carboxylic acids is 2. The van der Waals surface area contributed by atoms with E-state index in [0.717, 1.165) is 35.5 Å². The van der Waals surface area contributed by atoms with E-state index in [1.807, 2.05) is 37.3 Å². The molecule has 6 nitrogen and oxygen atoms in total. The Balaban J connectivity index is 2.19. The average Bonchev–Trinajstić information content (AvgIpc) is 2.75. The fourth-order valence-electron chi connectivity index (χ4n) is 3.17. The van der Waals surface area contributed by atoms with Gasteiger partial charge < -0.3 is 9.47 Å². The molecule has 2 rings (SSSR count). The molecular weight excluding hydrogens is 380 g/mol. The highest BCUT2D eigenvalue weighted by molar-refractivity contribution is 6.19. The summed E-state index contributed by atoms with van der Waals surface area (Å²) < 4.78 is 11.0. The number of unbranched alkanes of at least 4 members (excludes halogenated alkanes) is 2. The van der Waals surface area contributed by atoms with Crippen LogP contribution in [0.2, 0.25) is 0 Å². The summed E-state index contributed by atoms with van der Waals surface area (Å²) in [5.41, 5.74) is 1.58. The first-order valence-electron chi connectivity index (χ1n) is 10.5. The molecule has 6 heteroatoms. The van der Waals surface area contributed by atoms with Crippen LogP contribution in [0, 0.1) is 11.3 Å². The van der Waals surface area contributed by atoms with E-state index >= 15 is 0 Å². The van der Waals surface area contributed by atoms with Crippen molar-refractivity contribution in [2.75, 3.05) is 26.4 Å². The number of benzene rings is 1. The lowest BCUT2D eigenvalue weighted by Gasteiger charge is -2.27. The largest absolute Gasteiger partial charge is 0.494 e. The van der Waals surface area contributed by atoms with Gasteiger partial charge in [0.25, 0.3) is 11.8 Å². The zero-order valence-electron chi connectivity index (χ0n) is 18.1. The van der Waals surface area contributed by atoms with Crippen molar-refractivity contribution in [3.05, 3.63) is 46.5 Å². The molecule has 0 N–H and O–H groups in total. The van der Waals surface area contributed by atoms with Crippen molar-refractivity contribution >= 4 is 17.9 Å². The maximum absolute atomic E-state index is 13.0. The molecule has 30 heavy (non-hydrogen) atoms. The average molecular weight is 411 g/mol. The summed E-state index contributed by atoms with van der Waals surface area (Å²) in [6, 6.07) is 9.41. The van der Waals surface area contributed by atoms with Crippen molar-refractivity contribution in [3.8, 4) is 11.8 Å². The van der Waals surface area contributed by atoms with Crippen molar-refractivity contribution in [2.24, 2.45) is 0 Å². The van der Waals surface area contributed by atoms with Gasteiger partial charge in [-0.05, 0) is 56.0 Å². The molecule has 0 unspecified atom stereocenters. The summed E-state index contributed by atoms with van der Waals surface area (Å²) in [5, 5.41) is 9.45. The number of ether oxygens (including phenoxy) is 2. The van der Waals surface area contributed by atoms with Crippen LogP contribution in [0.15, 0.2) is 41.0 Å². The second-order valence-corrected chi connectivity index (χ2v) is 7.11. The molecule has 0 saturated heterocycles. The van der Waals surface area contributed by atoms with Crippen LogP contribution >= 0.6 is 0 Å². The molecule has 0 spiro atoms. The number of hydrogen-bond acceptors (Lipinski definition) is 5. The SMILES string of the molecule is CCCCCOc1ccc(/C=C2/C(=O)N(CCCOCC)C(=O)C(C#N)=C2C)cc1. The standard InChI is InChI=1S/C24H30N2O4/c1-4-6-7-15-30-20-11-9-19(10-12-20)16-21-18(3)22(17-25)24(28)26(23(21)27)13-8-14-29-5-2/h9-12,16H,4-8,13-15H2,1-3H3/b21-16+. The van der Waals surface area contributed by atoms with Crippen molar-refractivity contribution in [1.82, 2.24) is 4.90 Å². The zero-order valence-corrected chi connectivity index (χ0v) is 18.1. The van der Waals surface area contributed by atoms with Gasteiger partial charge in [-0.3, -0.25) is 14.5 Å². The third-order valence-electron chi connectivity index (χ3n) is 4.91. The Hall–Kier alpha value is -2.91. The summed E-state index contributed by atoms with van der Waals surface area (Å²) in [7, 11) is 0. The zero-order chi connectivity index (χ0) is 21.9. The molecule has 0 aromatic heterocycles. The Morgan fingerprint density at radius 2 is 1.77 bits per heavy atom. The fourth-order valence-corrected chi connectivity index (χ4v) is 3.17. The van der Waals surface area contributed by atoms with Gasteiger partial charge >= 0.3 is 0 Å². The first-order chi connectivity index (χ1) is 14.5. The van der Waals surface area contributed by atoms with Gasteiger partial charge in [0.15, 0.2) is 0 Å². The van der Waals surface area contributed by atoms with Crippen LogP contribution in [0.4, 0.5) is 0 Å². The van der Waals surface area contributed by atoms with Gasteiger partial charge in [0.2, 0.25) is 0 Å². The fraction of sp³-hybridized carbons (Fsp3) is 0.458. The minimum Gasteiger partial charge on any atom is -0.494 e. The number of hydrogen-bond donors (Lipinski definition) is 0. The van der Waals surface area contributed by atoms with Gasteiger partial charge in [0.05, 0.1) is 6.61 Å². The minimum absolute atomic E-state index is 0.00753. The van der Waals surface area contributed by atoms with E-state index in [1.54, 1.807) is 13.0 Å². The third-order valence-corrected chi connectivity index (χ3v) is 4.91. The van der Waals surface area contributed by atoms with Crippen molar-refractivity contribution in [1.29, 1.82) is 5.26 Å². The van der Waals surface area contributed by atoms with Crippen molar-refractivity contribution in [2.45, 2.75) is 46.5 Å². The monoisotopic (exact) mass is 410 g/mol. The van der Waals surface area contributed by atoms with E-state index in [1.165, 1.54) is 0 Å². The number of nitrogens with zero attached hydrogens (tertiary/aromatic N) is 2. The molecule has 1 aliphatic heterocycles. The van der Waals surface area contributed by atoms with E-state index in [2.05, 4.69) is 6.92 Å². The Kier molecular flexibility index (Phi) is 9.30. The van der Waals surface area contributed by atoms with Crippen LogP contribution in [0.25, 0.3) is 6.08 Å². The van der Waals surface area contributed by atoms with E-state index < -0.39 is 5.91 Å². The maximum Gasteiger partial charge on any atom is 0.271 e. The topological polar surface area (TPSA) is 79.6 Å². The van der Waals surface area contributed by atoms with Crippen molar-refractivity contribution < 1.29 is 19.1 Å². The van der Waals surface area contributed by atoms with Gasteiger partial charge in [-0.25, -0.2) is 0 Å². The Bertz CT molecular complexity index is 847. The lowest BCUT2D eigenvalue weighted by molar-refractivity contribution is -0.140. The molecule has 160 valence electrons. The maximum atomic E-state index is 13.0. The first kappa shape index (κ1) is 23.4. The summed E-state index contributed by atoms with van der Waals surface area (Å²) in [5.74, 6) is -0.140. The van der Waals surface area contributed by atoms with E-state index in [0.29, 0.717) is 37.4 Å². The predicted molar refractivity (Wildman–Crippen MR) is 116 cm³/mol. The smallest absolute Gasteiger partial charge is 0.271 e. The molecule has 1 heterocycles. The Morgan fingerprint density at radius 3 is 2.40 bits per heavy atom. The van der Waals surface area contributed by atoms with Crippen LogP contribution in [-0.4, -0.2) is 43.1 Å². The summed E-state index contributed by atoms with van der Waals surface area (Å²) in [6.07, 6.45) is 5.55. The van der Waals surface area contributed by atoms with Crippen LogP contribution < -0.4 is 4.74 Å². The van der Waals surface area contributed by atoms with Gasteiger partial charge in [-0.1, -0.05) is 31.9 Å². The second-order valence-electron chi connectivity index (χ2n) is 7.11. The number of amides is 2. The molecule has 0 atom stereocenters. The highest BCUT2D eigenvalue weighted by Gasteiger charge is 2.34. The third kappa shape index (κ3) is 6.04. The van der Waals surface area contributed by atoms with E-state index in [-0.39, 0.29) is 18.0 Å². The lowest BCUT2D eigenvalue weighted by atomic mass is 9.93. The van der Waals surface area contributed by atoms with Crippen LogP contribution in [0.3, 0.4) is 0 Å². The van der Waals surface area contributed by atoms with Gasteiger partial charge in [0.1, 0.15) is 17.4 Å². The predicted octanol–water partition coefficient (Wildman–Crippen LogP) is 4.27. The molecule has 1 aromatic rings. The highest BCUT2D eigenvalue weighted by atomic mass is 16.5. The van der Waals surface area contributed by atoms with Gasteiger partial charge in [0, 0.05) is 25.3 Å². The molecule has 1 aromatic carbocycles.